The van der Waals surface area contributed by atoms with E-state index in [0.717, 1.165) is 10.2 Å². The number of aryl methyl sites for hydroxylation is 1. The lowest BCUT2D eigenvalue weighted by molar-refractivity contribution is -0.144. The molecule has 0 atom stereocenters. The zero-order chi connectivity index (χ0) is 15.8. The Morgan fingerprint density at radius 3 is 2.38 bits per heavy atom. The first kappa shape index (κ1) is 15.3. The first-order valence-corrected chi connectivity index (χ1v) is 6.24. The van der Waals surface area contributed by atoms with Gasteiger partial charge in [-0.15, -0.1) is 5.10 Å². The normalized spacial score (nSPS) is 11.8. The average Bonchev–Trinajstić information content (AvgIpc) is 2.83. The van der Waals surface area contributed by atoms with E-state index in [0.29, 0.717) is 6.42 Å². The summed E-state index contributed by atoms with van der Waals surface area (Å²) in [4.78, 5) is 4.77. The Bertz CT molecular complexity index is 646. The molecule has 1 aromatic heterocycles. The number of aromatic nitrogens is 3. The van der Waals surface area contributed by atoms with Crippen LogP contribution in [0.5, 0.6) is 0 Å². The molecule has 0 unspecified atom stereocenters. The second-order valence-corrected chi connectivity index (χ2v) is 4.68. The van der Waals surface area contributed by atoms with Crippen LogP contribution in [0.25, 0.3) is 5.69 Å². The standard InChI is InChI=1S/C13H14F4N4/c1-4-8-5-6-10(9(14)7-8)21-12(20(2)3)18-11(19-21)13(15,16)17/h5-7H,4H2,1-3H3. The van der Waals surface area contributed by atoms with Crippen molar-refractivity contribution in [2.24, 2.45) is 0 Å². The van der Waals surface area contributed by atoms with Gasteiger partial charge in [0.05, 0.1) is 0 Å². The van der Waals surface area contributed by atoms with E-state index in [9.17, 15) is 17.6 Å². The highest BCUT2D eigenvalue weighted by Crippen LogP contribution is 2.29. The van der Waals surface area contributed by atoms with Gasteiger partial charge in [-0.1, -0.05) is 13.0 Å². The van der Waals surface area contributed by atoms with Crippen molar-refractivity contribution in [2.75, 3.05) is 19.0 Å². The van der Waals surface area contributed by atoms with Crippen LogP contribution < -0.4 is 4.90 Å². The summed E-state index contributed by atoms with van der Waals surface area (Å²) in [6.45, 7) is 1.86. The van der Waals surface area contributed by atoms with Crippen LogP contribution in [0.1, 0.15) is 18.3 Å². The van der Waals surface area contributed by atoms with Gasteiger partial charge >= 0.3 is 6.18 Å². The Kier molecular flexibility index (Phi) is 3.89. The monoisotopic (exact) mass is 302 g/mol. The molecule has 1 heterocycles. The highest BCUT2D eigenvalue weighted by Gasteiger charge is 2.37. The van der Waals surface area contributed by atoms with Crippen LogP contribution in [0.2, 0.25) is 0 Å². The number of halogens is 4. The number of rotatable bonds is 3. The quantitative estimate of drug-likeness (QED) is 0.817. The van der Waals surface area contributed by atoms with Crippen LogP contribution >= 0.6 is 0 Å². The highest BCUT2D eigenvalue weighted by molar-refractivity contribution is 5.43. The van der Waals surface area contributed by atoms with Gasteiger partial charge in [-0.25, -0.2) is 4.39 Å². The molecule has 1 aromatic carbocycles. The van der Waals surface area contributed by atoms with E-state index in [1.807, 2.05) is 6.92 Å². The lowest BCUT2D eigenvalue weighted by Crippen LogP contribution is -2.16. The van der Waals surface area contributed by atoms with E-state index in [1.54, 1.807) is 6.07 Å². The molecule has 0 aliphatic carbocycles. The molecule has 2 aromatic rings. The molecule has 8 heteroatoms. The number of hydrogen-bond acceptors (Lipinski definition) is 3. The molecule has 0 fully saturated rings. The number of benzene rings is 1. The molecular formula is C13H14F4N4. The highest BCUT2D eigenvalue weighted by atomic mass is 19.4. The van der Waals surface area contributed by atoms with Crippen LogP contribution in [0.3, 0.4) is 0 Å². The minimum absolute atomic E-state index is 0.0705. The molecule has 0 saturated carbocycles. The van der Waals surface area contributed by atoms with Crippen molar-refractivity contribution in [3.05, 3.63) is 35.4 Å². The first-order chi connectivity index (χ1) is 9.74. The third-order valence-electron chi connectivity index (χ3n) is 2.89. The summed E-state index contributed by atoms with van der Waals surface area (Å²) in [6, 6.07) is 4.33. The molecule has 0 radical (unpaired) electrons. The van der Waals surface area contributed by atoms with Gasteiger partial charge < -0.3 is 4.90 Å². The van der Waals surface area contributed by atoms with Gasteiger partial charge in [-0.3, -0.25) is 0 Å². The topological polar surface area (TPSA) is 34.0 Å². The third-order valence-corrected chi connectivity index (χ3v) is 2.89. The van der Waals surface area contributed by atoms with Crippen LogP contribution in [-0.4, -0.2) is 28.9 Å². The van der Waals surface area contributed by atoms with Gasteiger partial charge in [0.15, 0.2) is 0 Å². The number of alkyl halides is 3. The zero-order valence-electron chi connectivity index (χ0n) is 11.7. The number of nitrogens with zero attached hydrogens (tertiary/aromatic N) is 4. The van der Waals surface area contributed by atoms with E-state index in [1.165, 1.54) is 31.1 Å². The van der Waals surface area contributed by atoms with Gasteiger partial charge in [-0.2, -0.15) is 22.8 Å². The van der Waals surface area contributed by atoms with Crippen molar-refractivity contribution in [1.82, 2.24) is 14.8 Å². The maximum Gasteiger partial charge on any atom is 0.453 e. The van der Waals surface area contributed by atoms with Crippen LogP contribution in [-0.2, 0) is 12.6 Å². The summed E-state index contributed by atoms with van der Waals surface area (Å²) in [6.07, 6.45) is -4.06. The predicted octanol–water partition coefficient (Wildman–Crippen LogP) is 3.05. The Morgan fingerprint density at radius 2 is 1.90 bits per heavy atom. The summed E-state index contributed by atoms with van der Waals surface area (Å²) in [7, 11) is 3.03. The van der Waals surface area contributed by atoms with Gasteiger partial charge in [0.2, 0.25) is 5.95 Å². The summed E-state index contributed by atoms with van der Waals surface area (Å²) in [5.41, 5.74) is 0.678. The van der Waals surface area contributed by atoms with Crippen molar-refractivity contribution in [3.8, 4) is 5.69 Å². The average molecular weight is 302 g/mol. The number of hydrogen-bond donors (Lipinski definition) is 0. The molecule has 0 aliphatic heterocycles. The summed E-state index contributed by atoms with van der Waals surface area (Å²) >= 11 is 0. The molecule has 0 bridgehead atoms. The second kappa shape index (κ2) is 5.34. The van der Waals surface area contributed by atoms with Crippen molar-refractivity contribution >= 4 is 5.95 Å². The fourth-order valence-corrected chi connectivity index (χ4v) is 1.82. The minimum atomic E-state index is -4.68. The number of anilines is 1. The summed E-state index contributed by atoms with van der Waals surface area (Å²) < 4.78 is 53.1. The SMILES string of the molecule is CCc1ccc(-n2nc(C(F)(F)F)nc2N(C)C)c(F)c1. The van der Waals surface area contributed by atoms with Gasteiger partial charge in [0.1, 0.15) is 11.5 Å². The molecule has 0 aliphatic rings. The Labute approximate surface area is 119 Å². The van der Waals surface area contributed by atoms with Crippen LogP contribution in [0.15, 0.2) is 18.2 Å². The second-order valence-electron chi connectivity index (χ2n) is 4.68. The van der Waals surface area contributed by atoms with Crippen molar-refractivity contribution in [1.29, 1.82) is 0 Å². The fourth-order valence-electron chi connectivity index (χ4n) is 1.82. The summed E-state index contributed by atoms with van der Waals surface area (Å²) in [5.74, 6) is -2.04. The Morgan fingerprint density at radius 1 is 1.24 bits per heavy atom. The van der Waals surface area contributed by atoms with E-state index in [2.05, 4.69) is 10.1 Å². The van der Waals surface area contributed by atoms with Crippen molar-refractivity contribution in [2.45, 2.75) is 19.5 Å². The molecule has 114 valence electrons. The van der Waals surface area contributed by atoms with Gasteiger partial charge in [-0.05, 0) is 24.1 Å². The zero-order valence-corrected chi connectivity index (χ0v) is 11.7. The fraction of sp³-hybridized carbons (Fsp3) is 0.385. The van der Waals surface area contributed by atoms with E-state index in [4.69, 9.17) is 0 Å². The molecular weight excluding hydrogens is 288 g/mol. The summed E-state index contributed by atoms with van der Waals surface area (Å²) in [5, 5.41) is 3.39. The predicted molar refractivity (Wildman–Crippen MR) is 70.0 cm³/mol. The first-order valence-electron chi connectivity index (χ1n) is 6.24. The van der Waals surface area contributed by atoms with E-state index >= 15 is 0 Å². The maximum absolute atomic E-state index is 14.1. The Balaban J connectivity index is 2.60. The molecule has 0 spiro atoms. The Hall–Kier alpha value is -2.12. The van der Waals surface area contributed by atoms with Gasteiger partial charge in [0.25, 0.3) is 5.82 Å². The maximum atomic E-state index is 14.1. The third kappa shape index (κ3) is 2.98. The molecule has 4 nitrogen and oxygen atoms in total. The minimum Gasteiger partial charge on any atom is -0.347 e. The molecule has 0 saturated heterocycles. The molecule has 0 amide bonds. The largest absolute Gasteiger partial charge is 0.453 e. The lowest BCUT2D eigenvalue weighted by Gasteiger charge is -2.13. The van der Waals surface area contributed by atoms with Crippen molar-refractivity contribution < 1.29 is 17.6 Å². The van der Waals surface area contributed by atoms with Gasteiger partial charge in [0, 0.05) is 14.1 Å². The lowest BCUT2D eigenvalue weighted by atomic mass is 10.1. The molecule has 21 heavy (non-hydrogen) atoms. The van der Waals surface area contributed by atoms with E-state index in [-0.39, 0.29) is 11.6 Å². The van der Waals surface area contributed by atoms with Crippen LogP contribution in [0, 0.1) is 5.82 Å². The van der Waals surface area contributed by atoms with Crippen molar-refractivity contribution in [3.63, 3.8) is 0 Å². The molecule has 0 N–H and O–H groups in total. The molecule has 2 rings (SSSR count). The van der Waals surface area contributed by atoms with Crippen LogP contribution in [0.4, 0.5) is 23.5 Å². The smallest absolute Gasteiger partial charge is 0.347 e. The van der Waals surface area contributed by atoms with E-state index < -0.39 is 17.8 Å².